The summed E-state index contributed by atoms with van der Waals surface area (Å²) in [6.07, 6.45) is 2.95. The fourth-order valence-electron chi connectivity index (χ4n) is 4.76. The zero-order valence-electron chi connectivity index (χ0n) is 18.2. The number of likely N-dealkylation sites (tertiary alicyclic amines) is 1. The highest BCUT2D eigenvalue weighted by Crippen LogP contribution is 2.55. The fraction of sp³-hybridized carbons (Fsp3) is 0.296. The van der Waals surface area contributed by atoms with Crippen molar-refractivity contribution in [3.8, 4) is 0 Å². The molecule has 1 unspecified atom stereocenters. The molecule has 3 aromatic rings. The molecule has 0 saturated carbocycles. The van der Waals surface area contributed by atoms with E-state index >= 15 is 0 Å². The van der Waals surface area contributed by atoms with Gasteiger partial charge < -0.3 is 4.74 Å². The Hall–Kier alpha value is -2.48. The molecular weight excluding hydrogens is 401 g/mol. The van der Waals surface area contributed by atoms with Gasteiger partial charge in [-0.1, -0.05) is 54.6 Å². The van der Waals surface area contributed by atoms with Crippen molar-refractivity contribution in [2.24, 2.45) is 0 Å². The van der Waals surface area contributed by atoms with Crippen LogP contribution in [0.2, 0.25) is 0 Å². The molecule has 160 valence electrons. The fourth-order valence-corrected chi connectivity index (χ4v) is 9.03. The second-order valence-corrected chi connectivity index (χ2v) is 11.6. The first-order chi connectivity index (χ1) is 15.3. The molecular formula is C27H31NO2P+. The number of ether oxygens (including phenoxy) is 1. The number of nitrogens with zero attached hydrogens (tertiary/aromatic N) is 1. The molecule has 1 saturated heterocycles. The first-order valence-electron chi connectivity index (χ1n) is 11.2. The lowest BCUT2D eigenvalue weighted by Gasteiger charge is -2.30. The van der Waals surface area contributed by atoms with Gasteiger partial charge in [-0.15, -0.1) is 0 Å². The van der Waals surface area contributed by atoms with Crippen molar-refractivity contribution >= 4 is 29.1 Å². The average molecular weight is 433 g/mol. The van der Waals surface area contributed by atoms with Gasteiger partial charge in [0.15, 0.2) is 0 Å². The topological polar surface area (TPSA) is 29.5 Å². The van der Waals surface area contributed by atoms with Gasteiger partial charge in [0.1, 0.15) is 29.2 Å². The van der Waals surface area contributed by atoms with Crippen molar-refractivity contribution in [2.75, 3.05) is 25.9 Å². The molecule has 0 aromatic heterocycles. The third kappa shape index (κ3) is 4.59. The Kier molecular flexibility index (Phi) is 7.17. The molecule has 1 heterocycles. The van der Waals surface area contributed by atoms with Crippen molar-refractivity contribution in [1.82, 2.24) is 4.90 Å². The maximum Gasteiger partial charge on any atom is 0.323 e. The van der Waals surface area contributed by atoms with Crippen LogP contribution in [-0.4, -0.2) is 42.8 Å². The summed E-state index contributed by atoms with van der Waals surface area (Å²) in [6, 6.07) is 32.7. The van der Waals surface area contributed by atoms with E-state index in [0.717, 1.165) is 32.1 Å². The normalized spacial score (nSPS) is 16.9. The first kappa shape index (κ1) is 21.7. The van der Waals surface area contributed by atoms with Crippen LogP contribution in [0.4, 0.5) is 0 Å². The highest BCUT2D eigenvalue weighted by atomic mass is 31.2. The maximum atomic E-state index is 12.5. The number of hydrogen-bond donors (Lipinski definition) is 0. The van der Waals surface area contributed by atoms with Crippen molar-refractivity contribution < 1.29 is 9.53 Å². The lowest BCUT2D eigenvalue weighted by molar-refractivity contribution is -0.148. The third-order valence-electron chi connectivity index (χ3n) is 6.24. The van der Waals surface area contributed by atoms with Gasteiger partial charge in [-0.25, -0.2) is 0 Å². The standard InChI is InChI=1S/C27H31NO2P/c1-2-30-27(29)26-19-12-20-28(26)21-22-31(23-13-6-3-7-14-23,24-15-8-4-9-16-24)25-17-10-5-11-18-25/h3-11,13-18,26H,2,12,19-22H2,1H3/q+1. The van der Waals surface area contributed by atoms with Crippen LogP contribution in [0, 0.1) is 0 Å². The molecule has 31 heavy (non-hydrogen) atoms. The second kappa shape index (κ2) is 10.2. The Morgan fingerprint density at radius 3 is 1.81 bits per heavy atom. The minimum absolute atomic E-state index is 0.0666. The van der Waals surface area contributed by atoms with Crippen LogP contribution in [-0.2, 0) is 9.53 Å². The largest absolute Gasteiger partial charge is 0.465 e. The van der Waals surface area contributed by atoms with Gasteiger partial charge in [0, 0.05) is 6.54 Å². The molecule has 1 aliphatic rings. The van der Waals surface area contributed by atoms with Crippen LogP contribution in [0.1, 0.15) is 19.8 Å². The van der Waals surface area contributed by atoms with Gasteiger partial charge in [-0.3, -0.25) is 9.69 Å². The number of benzene rings is 3. The monoisotopic (exact) mass is 432 g/mol. The summed E-state index contributed by atoms with van der Waals surface area (Å²) in [5.41, 5.74) is 0. The quantitative estimate of drug-likeness (QED) is 0.398. The number of rotatable bonds is 8. The van der Waals surface area contributed by atoms with Crippen LogP contribution in [0.25, 0.3) is 0 Å². The Labute approximate surface area is 186 Å². The van der Waals surface area contributed by atoms with Crippen LogP contribution >= 0.6 is 7.26 Å². The highest BCUT2D eigenvalue weighted by Gasteiger charge is 2.46. The molecule has 1 fully saturated rings. The van der Waals surface area contributed by atoms with Gasteiger partial charge in [0.05, 0.1) is 12.8 Å². The molecule has 0 radical (unpaired) electrons. The van der Waals surface area contributed by atoms with Gasteiger partial charge in [0.25, 0.3) is 0 Å². The second-order valence-electron chi connectivity index (χ2n) is 7.99. The van der Waals surface area contributed by atoms with Crippen LogP contribution in [0.3, 0.4) is 0 Å². The number of esters is 1. The predicted molar refractivity (Wildman–Crippen MR) is 131 cm³/mol. The summed E-state index contributed by atoms with van der Waals surface area (Å²) in [6.45, 7) is 4.17. The van der Waals surface area contributed by atoms with E-state index in [1.165, 1.54) is 15.9 Å². The summed E-state index contributed by atoms with van der Waals surface area (Å²) in [4.78, 5) is 14.9. The van der Waals surface area contributed by atoms with Crippen LogP contribution in [0.15, 0.2) is 91.0 Å². The summed E-state index contributed by atoms with van der Waals surface area (Å²) < 4.78 is 5.37. The summed E-state index contributed by atoms with van der Waals surface area (Å²) in [5, 5.41) is 4.16. The first-order valence-corrected chi connectivity index (χ1v) is 13.2. The average Bonchev–Trinajstić information content (AvgIpc) is 3.31. The van der Waals surface area contributed by atoms with Gasteiger partial charge in [0.2, 0.25) is 0 Å². The molecule has 0 N–H and O–H groups in total. The molecule has 3 nitrogen and oxygen atoms in total. The van der Waals surface area contributed by atoms with E-state index in [2.05, 4.69) is 95.9 Å². The van der Waals surface area contributed by atoms with Crippen LogP contribution < -0.4 is 15.9 Å². The molecule has 3 aromatic carbocycles. The molecule has 4 heteroatoms. The van der Waals surface area contributed by atoms with Crippen molar-refractivity contribution in [1.29, 1.82) is 0 Å². The Bertz CT molecular complexity index is 866. The van der Waals surface area contributed by atoms with E-state index in [1.807, 2.05) is 6.92 Å². The zero-order chi connectivity index (χ0) is 21.5. The predicted octanol–water partition coefficient (Wildman–Crippen LogP) is 4.01. The van der Waals surface area contributed by atoms with E-state index in [9.17, 15) is 4.79 Å². The number of carbonyl (C=O) groups excluding carboxylic acids is 1. The Balaban J connectivity index is 1.75. The lowest BCUT2D eigenvalue weighted by Crippen LogP contribution is -2.42. The highest BCUT2D eigenvalue weighted by molar-refractivity contribution is 7.95. The zero-order valence-corrected chi connectivity index (χ0v) is 19.1. The van der Waals surface area contributed by atoms with E-state index in [-0.39, 0.29) is 12.0 Å². The van der Waals surface area contributed by atoms with E-state index in [0.29, 0.717) is 6.61 Å². The van der Waals surface area contributed by atoms with Crippen molar-refractivity contribution in [2.45, 2.75) is 25.8 Å². The SMILES string of the molecule is CCOC(=O)C1CCCN1CC[P+](c1ccccc1)(c1ccccc1)c1ccccc1. The lowest BCUT2D eigenvalue weighted by atomic mass is 10.2. The van der Waals surface area contributed by atoms with E-state index in [1.54, 1.807) is 0 Å². The molecule has 0 bridgehead atoms. The molecule has 4 rings (SSSR count). The molecule has 1 aliphatic heterocycles. The van der Waals surface area contributed by atoms with Gasteiger partial charge >= 0.3 is 5.97 Å². The molecule has 0 amide bonds. The number of carbonyl (C=O) groups is 1. The smallest absolute Gasteiger partial charge is 0.323 e. The van der Waals surface area contributed by atoms with E-state index < -0.39 is 7.26 Å². The van der Waals surface area contributed by atoms with Crippen molar-refractivity contribution in [3.05, 3.63) is 91.0 Å². The summed E-state index contributed by atoms with van der Waals surface area (Å²) in [7, 11) is -1.87. The summed E-state index contributed by atoms with van der Waals surface area (Å²) >= 11 is 0. The minimum Gasteiger partial charge on any atom is -0.465 e. The van der Waals surface area contributed by atoms with Gasteiger partial charge in [-0.05, 0) is 62.7 Å². The van der Waals surface area contributed by atoms with Crippen molar-refractivity contribution in [3.63, 3.8) is 0 Å². The van der Waals surface area contributed by atoms with Crippen LogP contribution in [0.5, 0.6) is 0 Å². The Morgan fingerprint density at radius 2 is 1.35 bits per heavy atom. The number of hydrogen-bond acceptors (Lipinski definition) is 3. The maximum absolute atomic E-state index is 12.5. The Morgan fingerprint density at radius 1 is 0.871 bits per heavy atom. The molecule has 0 spiro atoms. The third-order valence-corrected chi connectivity index (χ3v) is 10.6. The molecule has 0 aliphatic carbocycles. The van der Waals surface area contributed by atoms with E-state index in [4.69, 9.17) is 4.74 Å². The minimum atomic E-state index is -1.87. The van der Waals surface area contributed by atoms with Gasteiger partial charge in [-0.2, -0.15) is 0 Å². The summed E-state index contributed by atoms with van der Waals surface area (Å²) in [5.74, 6) is -0.0666. The molecule has 1 atom stereocenters.